The molecule has 1 saturated heterocycles. The van der Waals surface area contributed by atoms with Gasteiger partial charge in [0.25, 0.3) is 0 Å². The summed E-state index contributed by atoms with van der Waals surface area (Å²) in [5, 5.41) is 13.6. The second kappa shape index (κ2) is 8.24. The Labute approximate surface area is 188 Å². The number of fused-ring (bicyclic) bond motifs is 1. The number of aromatic nitrogens is 2. The van der Waals surface area contributed by atoms with Crippen LogP contribution in [0.25, 0.3) is 0 Å². The first kappa shape index (κ1) is 21.0. The van der Waals surface area contributed by atoms with Gasteiger partial charge in [0.05, 0.1) is 17.8 Å². The van der Waals surface area contributed by atoms with E-state index in [2.05, 4.69) is 50.0 Å². The summed E-state index contributed by atoms with van der Waals surface area (Å²) in [5.74, 6) is 0.697. The number of urea groups is 1. The van der Waals surface area contributed by atoms with E-state index in [0.29, 0.717) is 12.4 Å². The molecule has 3 heterocycles. The molecule has 1 unspecified atom stereocenters. The lowest BCUT2D eigenvalue weighted by atomic mass is 9.85. The van der Waals surface area contributed by atoms with Gasteiger partial charge >= 0.3 is 6.03 Å². The van der Waals surface area contributed by atoms with Gasteiger partial charge in [0, 0.05) is 37.2 Å². The van der Waals surface area contributed by atoms with Gasteiger partial charge in [0.1, 0.15) is 0 Å². The minimum absolute atomic E-state index is 0.0377. The van der Waals surface area contributed by atoms with Gasteiger partial charge in [-0.25, -0.2) is 4.79 Å². The normalized spacial score (nSPS) is 22.4. The maximum Gasteiger partial charge on any atom is 0.318 e. The standard InChI is InChI=1S/C24H32N6O2/c1-24(2)20-19(21(28-27-20)26-22(31)17-9-6-10-17)15-30(24)23(32)25-18-11-12-29(14-18)13-16-7-4-3-5-8-16/h3-5,7-8,17-18H,6,9-15H2,1-2H3,(H,25,32)(H2,26,27,28,31). The summed E-state index contributed by atoms with van der Waals surface area (Å²) in [5.41, 5.74) is 2.58. The Morgan fingerprint density at radius 2 is 1.97 bits per heavy atom. The minimum Gasteiger partial charge on any atom is -0.334 e. The molecule has 3 amide bonds. The van der Waals surface area contributed by atoms with E-state index in [1.54, 1.807) is 0 Å². The van der Waals surface area contributed by atoms with Crippen molar-refractivity contribution in [2.45, 2.75) is 64.2 Å². The quantitative estimate of drug-likeness (QED) is 0.671. The number of carbonyl (C=O) groups excluding carboxylic acids is 2. The zero-order valence-electron chi connectivity index (χ0n) is 18.9. The molecule has 32 heavy (non-hydrogen) atoms. The van der Waals surface area contributed by atoms with Crippen molar-refractivity contribution in [2.75, 3.05) is 18.4 Å². The molecule has 1 aromatic carbocycles. The van der Waals surface area contributed by atoms with Crippen molar-refractivity contribution in [2.24, 2.45) is 5.92 Å². The first-order valence-corrected chi connectivity index (χ1v) is 11.6. The van der Waals surface area contributed by atoms with Gasteiger partial charge in [-0.15, -0.1) is 0 Å². The fraction of sp³-hybridized carbons (Fsp3) is 0.542. The molecule has 8 nitrogen and oxygen atoms in total. The highest BCUT2D eigenvalue weighted by Gasteiger charge is 2.44. The van der Waals surface area contributed by atoms with Crippen LogP contribution in [-0.2, 0) is 23.4 Å². The third kappa shape index (κ3) is 3.88. The molecule has 0 spiro atoms. The minimum atomic E-state index is -0.520. The van der Waals surface area contributed by atoms with E-state index in [1.807, 2.05) is 24.8 Å². The summed E-state index contributed by atoms with van der Waals surface area (Å²) >= 11 is 0. The molecule has 2 fully saturated rings. The maximum atomic E-state index is 13.2. The first-order valence-electron chi connectivity index (χ1n) is 11.6. The summed E-state index contributed by atoms with van der Waals surface area (Å²) in [4.78, 5) is 29.8. The number of carbonyl (C=O) groups is 2. The molecule has 1 aromatic heterocycles. The van der Waals surface area contributed by atoms with Crippen molar-refractivity contribution in [1.82, 2.24) is 25.3 Å². The Morgan fingerprint density at radius 1 is 1.19 bits per heavy atom. The van der Waals surface area contributed by atoms with Crippen molar-refractivity contribution in [3.05, 3.63) is 47.2 Å². The fourth-order valence-electron chi connectivity index (χ4n) is 5.02. The van der Waals surface area contributed by atoms with Crippen LogP contribution >= 0.6 is 0 Å². The van der Waals surface area contributed by atoms with Crippen molar-refractivity contribution >= 4 is 17.8 Å². The number of benzene rings is 1. The van der Waals surface area contributed by atoms with Gasteiger partial charge in [-0.05, 0) is 38.7 Å². The first-order chi connectivity index (χ1) is 15.4. The molecule has 2 aromatic rings. The van der Waals surface area contributed by atoms with E-state index in [0.717, 1.165) is 56.6 Å². The fourth-order valence-corrected chi connectivity index (χ4v) is 5.02. The largest absolute Gasteiger partial charge is 0.334 e. The van der Waals surface area contributed by atoms with Crippen LogP contribution in [0.3, 0.4) is 0 Å². The number of anilines is 1. The van der Waals surface area contributed by atoms with Gasteiger partial charge in [-0.1, -0.05) is 36.8 Å². The Hall–Kier alpha value is -2.87. The summed E-state index contributed by atoms with van der Waals surface area (Å²) < 4.78 is 0. The summed E-state index contributed by atoms with van der Waals surface area (Å²) in [6.45, 7) is 7.21. The van der Waals surface area contributed by atoms with Crippen molar-refractivity contribution in [3.63, 3.8) is 0 Å². The third-order valence-electron chi connectivity index (χ3n) is 7.28. The number of amides is 3. The monoisotopic (exact) mass is 436 g/mol. The molecule has 0 radical (unpaired) electrons. The lowest BCUT2D eigenvalue weighted by molar-refractivity contribution is -0.122. The SMILES string of the molecule is CC1(C)c2[nH]nc(NC(=O)C3CCC3)c2CN1C(=O)NC1CCN(Cc2ccccc2)C1. The summed E-state index contributed by atoms with van der Waals surface area (Å²) in [6, 6.07) is 10.5. The highest BCUT2D eigenvalue weighted by molar-refractivity contribution is 5.93. The molecular formula is C24H32N6O2. The van der Waals surface area contributed by atoms with Crippen molar-refractivity contribution in [3.8, 4) is 0 Å². The topological polar surface area (TPSA) is 93.4 Å². The lowest BCUT2D eigenvalue weighted by Crippen LogP contribution is -2.50. The molecule has 2 aliphatic heterocycles. The Balaban J connectivity index is 1.20. The number of rotatable bonds is 5. The molecule has 170 valence electrons. The number of likely N-dealkylation sites (tertiary alicyclic amines) is 1. The second-order valence-electron chi connectivity index (χ2n) is 9.84. The van der Waals surface area contributed by atoms with E-state index in [4.69, 9.17) is 0 Å². The number of aromatic amines is 1. The Morgan fingerprint density at radius 3 is 2.69 bits per heavy atom. The zero-order valence-corrected chi connectivity index (χ0v) is 18.9. The van der Waals surface area contributed by atoms with E-state index in [-0.39, 0.29) is 23.9 Å². The predicted molar refractivity (Wildman–Crippen MR) is 122 cm³/mol. The van der Waals surface area contributed by atoms with E-state index >= 15 is 0 Å². The number of hydrogen-bond acceptors (Lipinski definition) is 4. The Kier molecular flexibility index (Phi) is 5.41. The molecule has 1 saturated carbocycles. The van der Waals surface area contributed by atoms with Crippen LogP contribution in [0.1, 0.15) is 56.4 Å². The molecule has 1 atom stereocenters. The van der Waals surface area contributed by atoms with Crippen LogP contribution < -0.4 is 10.6 Å². The lowest BCUT2D eigenvalue weighted by Gasteiger charge is -2.33. The molecule has 5 rings (SSSR count). The zero-order chi connectivity index (χ0) is 22.3. The molecule has 8 heteroatoms. The van der Waals surface area contributed by atoms with Gasteiger partial charge < -0.3 is 15.5 Å². The molecule has 3 N–H and O–H groups in total. The second-order valence-corrected chi connectivity index (χ2v) is 9.84. The maximum absolute atomic E-state index is 13.2. The van der Waals surface area contributed by atoms with Gasteiger partial charge in [-0.3, -0.25) is 14.8 Å². The highest BCUT2D eigenvalue weighted by atomic mass is 16.2. The van der Waals surface area contributed by atoms with Crippen LogP contribution in [0.15, 0.2) is 30.3 Å². The van der Waals surface area contributed by atoms with Gasteiger partial charge in [0.2, 0.25) is 5.91 Å². The molecular weight excluding hydrogens is 404 g/mol. The number of hydrogen-bond donors (Lipinski definition) is 3. The molecule has 3 aliphatic rings. The average Bonchev–Trinajstić information content (AvgIpc) is 3.38. The van der Waals surface area contributed by atoms with Gasteiger partial charge in [0.15, 0.2) is 5.82 Å². The van der Waals surface area contributed by atoms with Crippen LogP contribution in [0, 0.1) is 5.92 Å². The number of nitrogens with zero attached hydrogens (tertiary/aromatic N) is 3. The highest BCUT2D eigenvalue weighted by Crippen LogP contribution is 2.41. The van der Waals surface area contributed by atoms with E-state index < -0.39 is 5.54 Å². The van der Waals surface area contributed by atoms with Crippen LogP contribution in [-0.4, -0.2) is 51.1 Å². The van der Waals surface area contributed by atoms with E-state index in [9.17, 15) is 9.59 Å². The van der Waals surface area contributed by atoms with E-state index in [1.165, 1.54) is 5.56 Å². The third-order valence-corrected chi connectivity index (χ3v) is 7.28. The summed E-state index contributed by atoms with van der Waals surface area (Å²) in [6.07, 6.45) is 3.95. The predicted octanol–water partition coefficient (Wildman–Crippen LogP) is 3.18. The molecule has 1 aliphatic carbocycles. The summed E-state index contributed by atoms with van der Waals surface area (Å²) in [7, 11) is 0. The van der Waals surface area contributed by atoms with Crippen LogP contribution in [0.4, 0.5) is 10.6 Å². The van der Waals surface area contributed by atoms with Crippen LogP contribution in [0.5, 0.6) is 0 Å². The average molecular weight is 437 g/mol. The number of H-pyrrole nitrogens is 1. The number of nitrogens with one attached hydrogen (secondary N) is 3. The van der Waals surface area contributed by atoms with Gasteiger partial charge in [-0.2, -0.15) is 5.10 Å². The van der Waals surface area contributed by atoms with Crippen molar-refractivity contribution in [1.29, 1.82) is 0 Å². The smallest absolute Gasteiger partial charge is 0.318 e. The Bertz CT molecular complexity index is 997. The molecule has 0 bridgehead atoms. The van der Waals surface area contributed by atoms with Crippen LogP contribution in [0.2, 0.25) is 0 Å². The van der Waals surface area contributed by atoms with Crippen molar-refractivity contribution < 1.29 is 9.59 Å².